The Morgan fingerprint density at radius 2 is 1.89 bits per heavy atom. The van der Waals surface area contributed by atoms with Crippen LogP contribution < -0.4 is 20.2 Å². The Balaban J connectivity index is 1.41. The van der Waals surface area contributed by atoms with Crippen molar-refractivity contribution in [3.8, 4) is 11.5 Å². The third kappa shape index (κ3) is 6.07. The van der Waals surface area contributed by atoms with Gasteiger partial charge in [-0.3, -0.25) is 19.8 Å². The van der Waals surface area contributed by atoms with Crippen molar-refractivity contribution in [1.82, 2.24) is 10.4 Å². The smallest absolute Gasteiger partial charge is 0.285 e. The van der Waals surface area contributed by atoms with Gasteiger partial charge in [-0.15, -0.1) is 11.3 Å². The molecule has 1 aliphatic heterocycles. The number of methoxy groups -OCH3 is 1. The highest BCUT2D eigenvalue weighted by Crippen LogP contribution is 2.34. The van der Waals surface area contributed by atoms with Crippen molar-refractivity contribution in [2.75, 3.05) is 19.0 Å². The molecule has 0 atom stereocenters. The average molecular weight is 526 g/mol. The minimum atomic E-state index is -0.429. The van der Waals surface area contributed by atoms with E-state index in [-0.39, 0.29) is 16.8 Å². The number of ether oxygens (including phenoxy) is 2. The zero-order valence-corrected chi connectivity index (χ0v) is 20.8. The normalized spacial score (nSPS) is 14.2. The number of hydrazine groups is 1. The molecule has 0 spiro atoms. The standard InChI is InChI=1S/C24H19N3O5S3/c1-31-18-12-15(9-10-17(18)32-14-21(28)25-16-6-3-2-4-7-16)13-20-23(30)27(24(33)35-20)26-22(29)19-8-5-11-34-19/h2-13H,14H2,1H3,(H,25,28)(H,26,29). The molecule has 2 heterocycles. The van der Waals surface area contributed by atoms with E-state index < -0.39 is 11.8 Å². The molecule has 3 aromatic rings. The van der Waals surface area contributed by atoms with Crippen LogP contribution in [0.15, 0.2) is 70.9 Å². The highest BCUT2D eigenvalue weighted by atomic mass is 32.2. The number of anilines is 1. The third-order valence-corrected chi connectivity index (χ3v) is 6.82. The molecule has 11 heteroatoms. The molecule has 178 valence electrons. The number of benzene rings is 2. The van der Waals surface area contributed by atoms with E-state index in [0.717, 1.165) is 16.8 Å². The first kappa shape index (κ1) is 24.5. The Bertz CT molecular complexity index is 1290. The second-order valence-electron chi connectivity index (χ2n) is 7.05. The summed E-state index contributed by atoms with van der Waals surface area (Å²) in [4.78, 5) is 38.1. The van der Waals surface area contributed by atoms with E-state index in [0.29, 0.717) is 32.5 Å². The van der Waals surface area contributed by atoms with Gasteiger partial charge in [0, 0.05) is 5.69 Å². The first-order valence-corrected chi connectivity index (χ1v) is 12.3. The lowest BCUT2D eigenvalue weighted by Crippen LogP contribution is -2.44. The fourth-order valence-corrected chi connectivity index (χ4v) is 4.83. The van der Waals surface area contributed by atoms with Crippen molar-refractivity contribution >= 4 is 69.1 Å². The molecule has 0 saturated carbocycles. The Morgan fingerprint density at radius 1 is 1.09 bits per heavy atom. The third-order valence-electron chi connectivity index (χ3n) is 4.65. The van der Waals surface area contributed by atoms with Gasteiger partial charge in [0.1, 0.15) is 0 Å². The van der Waals surface area contributed by atoms with Crippen LogP contribution in [0.25, 0.3) is 6.08 Å². The van der Waals surface area contributed by atoms with Crippen molar-refractivity contribution in [3.05, 3.63) is 81.4 Å². The average Bonchev–Trinajstić information content (AvgIpc) is 3.49. The van der Waals surface area contributed by atoms with E-state index >= 15 is 0 Å². The minimum Gasteiger partial charge on any atom is -0.493 e. The zero-order valence-electron chi connectivity index (χ0n) is 18.3. The van der Waals surface area contributed by atoms with E-state index in [9.17, 15) is 14.4 Å². The first-order valence-electron chi connectivity index (χ1n) is 10.2. The monoisotopic (exact) mass is 525 g/mol. The molecule has 8 nitrogen and oxygen atoms in total. The maximum atomic E-state index is 12.8. The van der Waals surface area contributed by atoms with Crippen LogP contribution in [0.1, 0.15) is 15.2 Å². The van der Waals surface area contributed by atoms with Crippen LogP contribution in [0.4, 0.5) is 5.69 Å². The number of carbonyl (C=O) groups is 3. The number of thiocarbonyl (C=S) groups is 1. The molecule has 1 saturated heterocycles. The number of rotatable bonds is 8. The van der Waals surface area contributed by atoms with Crippen LogP contribution in [0.5, 0.6) is 11.5 Å². The van der Waals surface area contributed by atoms with Gasteiger partial charge in [0.05, 0.1) is 16.9 Å². The Labute approximate surface area is 214 Å². The van der Waals surface area contributed by atoms with Crippen LogP contribution in [0.2, 0.25) is 0 Å². The van der Waals surface area contributed by atoms with Crippen molar-refractivity contribution in [3.63, 3.8) is 0 Å². The number of hydrogen-bond donors (Lipinski definition) is 2. The lowest BCUT2D eigenvalue weighted by Gasteiger charge is -2.14. The van der Waals surface area contributed by atoms with Crippen LogP contribution >= 0.6 is 35.3 Å². The highest BCUT2D eigenvalue weighted by Gasteiger charge is 2.34. The van der Waals surface area contributed by atoms with Crippen molar-refractivity contribution < 1.29 is 23.9 Å². The fraction of sp³-hybridized carbons (Fsp3) is 0.0833. The number of carbonyl (C=O) groups excluding carboxylic acids is 3. The summed E-state index contributed by atoms with van der Waals surface area (Å²) in [5.41, 5.74) is 3.88. The summed E-state index contributed by atoms with van der Waals surface area (Å²) in [6.45, 7) is -0.201. The number of thioether (sulfide) groups is 1. The van der Waals surface area contributed by atoms with E-state index in [4.69, 9.17) is 21.7 Å². The van der Waals surface area contributed by atoms with E-state index in [1.165, 1.54) is 18.4 Å². The lowest BCUT2D eigenvalue weighted by molar-refractivity contribution is -0.123. The second-order valence-corrected chi connectivity index (χ2v) is 9.67. The molecule has 0 aliphatic carbocycles. The Hall–Kier alpha value is -3.67. The van der Waals surface area contributed by atoms with Crippen molar-refractivity contribution in [2.24, 2.45) is 0 Å². The quantitative estimate of drug-likeness (QED) is 0.334. The number of nitrogens with zero attached hydrogens (tertiary/aromatic N) is 1. The number of thiophene rings is 1. The number of para-hydroxylation sites is 1. The molecule has 2 N–H and O–H groups in total. The summed E-state index contributed by atoms with van der Waals surface area (Å²) in [7, 11) is 1.48. The molecule has 4 rings (SSSR count). The van der Waals surface area contributed by atoms with Crippen LogP contribution in [-0.4, -0.2) is 40.8 Å². The van der Waals surface area contributed by atoms with Gasteiger partial charge in [0.2, 0.25) is 0 Å². The summed E-state index contributed by atoms with van der Waals surface area (Å²) in [5, 5.41) is 5.58. The predicted octanol–water partition coefficient (Wildman–Crippen LogP) is 4.32. The van der Waals surface area contributed by atoms with Crippen LogP contribution in [0, 0.1) is 0 Å². The van der Waals surface area contributed by atoms with E-state index in [1.807, 2.05) is 18.2 Å². The van der Waals surface area contributed by atoms with Crippen LogP contribution in [0.3, 0.4) is 0 Å². The van der Waals surface area contributed by atoms with Gasteiger partial charge in [-0.05, 0) is 59.6 Å². The van der Waals surface area contributed by atoms with Crippen molar-refractivity contribution in [2.45, 2.75) is 0 Å². The summed E-state index contributed by atoms with van der Waals surface area (Å²) in [6.07, 6.45) is 1.64. The van der Waals surface area contributed by atoms with Gasteiger partial charge in [-0.1, -0.05) is 42.1 Å². The van der Waals surface area contributed by atoms with Crippen molar-refractivity contribution in [1.29, 1.82) is 0 Å². The zero-order chi connectivity index (χ0) is 24.8. The largest absolute Gasteiger partial charge is 0.493 e. The maximum absolute atomic E-state index is 12.8. The molecule has 1 fully saturated rings. The number of amides is 3. The summed E-state index contributed by atoms with van der Waals surface area (Å²) >= 11 is 7.61. The van der Waals surface area contributed by atoms with Crippen LogP contribution in [-0.2, 0) is 9.59 Å². The van der Waals surface area contributed by atoms with Gasteiger partial charge in [-0.25, -0.2) is 0 Å². The minimum absolute atomic E-state index is 0.201. The molecule has 3 amide bonds. The van der Waals surface area contributed by atoms with E-state index in [2.05, 4.69) is 10.7 Å². The Kier molecular flexibility index (Phi) is 7.80. The molecular weight excluding hydrogens is 506 g/mol. The van der Waals surface area contributed by atoms with Gasteiger partial charge in [0.25, 0.3) is 17.7 Å². The summed E-state index contributed by atoms with van der Waals surface area (Å²) in [6, 6.07) is 17.5. The fourth-order valence-electron chi connectivity index (χ4n) is 3.03. The molecule has 0 unspecified atom stereocenters. The topological polar surface area (TPSA) is 97.0 Å². The summed E-state index contributed by atoms with van der Waals surface area (Å²) in [5.74, 6) is -0.370. The molecular formula is C24H19N3O5S3. The number of nitrogens with one attached hydrogen (secondary N) is 2. The maximum Gasteiger partial charge on any atom is 0.285 e. The summed E-state index contributed by atoms with van der Waals surface area (Å²) < 4.78 is 11.2. The van der Waals surface area contributed by atoms with E-state index in [1.54, 1.807) is 53.9 Å². The molecule has 2 aromatic carbocycles. The highest BCUT2D eigenvalue weighted by molar-refractivity contribution is 8.26. The van der Waals surface area contributed by atoms with Gasteiger partial charge in [0.15, 0.2) is 22.4 Å². The lowest BCUT2D eigenvalue weighted by atomic mass is 10.2. The first-order chi connectivity index (χ1) is 16.9. The molecule has 0 radical (unpaired) electrons. The molecule has 1 aromatic heterocycles. The second kappa shape index (κ2) is 11.2. The van der Waals surface area contributed by atoms with Gasteiger partial charge in [-0.2, -0.15) is 5.01 Å². The molecule has 0 bridgehead atoms. The molecule has 1 aliphatic rings. The SMILES string of the molecule is COc1cc(C=C2SC(=S)N(NC(=O)c3cccs3)C2=O)ccc1OCC(=O)Nc1ccccc1. The Morgan fingerprint density at radius 3 is 2.60 bits per heavy atom. The van der Waals surface area contributed by atoms with Gasteiger partial charge < -0.3 is 14.8 Å². The predicted molar refractivity (Wildman–Crippen MR) is 140 cm³/mol. The molecule has 35 heavy (non-hydrogen) atoms. The van der Waals surface area contributed by atoms with Gasteiger partial charge >= 0.3 is 0 Å². The number of hydrogen-bond acceptors (Lipinski definition) is 8.